The largest absolute Gasteiger partial charge is 0.463 e. The van der Waals surface area contributed by atoms with Crippen molar-refractivity contribution >= 4 is 17.8 Å². The van der Waals surface area contributed by atoms with Crippen molar-refractivity contribution in [3.8, 4) is 0 Å². The fourth-order valence-electron chi connectivity index (χ4n) is 3.93. The zero-order valence-electron chi connectivity index (χ0n) is 21.5. The molecule has 198 valence electrons. The summed E-state index contributed by atoms with van der Waals surface area (Å²) >= 11 is 0. The molecule has 0 aliphatic carbocycles. The first-order chi connectivity index (χ1) is 17.9. The van der Waals surface area contributed by atoms with E-state index in [0.29, 0.717) is 19.3 Å². The van der Waals surface area contributed by atoms with Crippen LogP contribution < -0.4 is 10.6 Å². The van der Waals surface area contributed by atoms with Crippen molar-refractivity contribution in [2.45, 2.75) is 44.7 Å². The van der Waals surface area contributed by atoms with E-state index >= 15 is 0 Å². The number of nitrogens with one attached hydrogen (secondary N) is 2. The number of carbonyl (C=O) groups is 3. The van der Waals surface area contributed by atoms with Gasteiger partial charge in [-0.15, -0.1) is 13.2 Å². The van der Waals surface area contributed by atoms with E-state index in [-0.39, 0.29) is 37.4 Å². The van der Waals surface area contributed by atoms with Crippen LogP contribution in [-0.4, -0.2) is 42.1 Å². The van der Waals surface area contributed by atoms with Crippen LogP contribution in [0.15, 0.2) is 86.0 Å². The maximum absolute atomic E-state index is 13.2. The summed E-state index contributed by atoms with van der Waals surface area (Å²) in [4.78, 5) is 38.5. The molecular formula is C30H38N2O5. The summed E-state index contributed by atoms with van der Waals surface area (Å²) < 4.78 is 5.71. The van der Waals surface area contributed by atoms with Gasteiger partial charge in [0.25, 0.3) is 0 Å². The Bertz CT molecular complexity index is 1010. The van der Waals surface area contributed by atoms with Gasteiger partial charge in [-0.25, -0.2) is 0 Å². The van der Waals surface area contributed by atoms with Gasteiger partial charge in [-0.05, 0) is 37.3 Å². The Kier molecular flexibility index (Phi) is 12.9. The number of esters is 1. The van der Waals surface area contributed by atoms with Crippen LogP contribution in [0.3, 0.4) is 0 Å². The molecule has 2 aromatic carbocycles. The summed E-state index contributed by atoms with van der Waals surface area (Å²) in [6, 6.07) is 18.0. The molecule has 0 aliphatic rings. The summed E-state index contributed by atoms with van der Waals surface area (Å²) in [7, 11) is 0. The second-order valence-corrected chi connectivity index (χ2v) is 9.09. The zero-order valence-corrected chi connectivity index (χ0v) is 21.5. The van der Waals surface area contributed by atoms with Crippen LogP contribution in [0.1, 0.15) is 43.4 Å². The number of hydrogen-bond donors (Lipinski definition) is 3. The van der Waals surface area contributed by atoms with Crippen LogP contribution in [0.25, 0.3) is 0 Å². The molecule has 0 spiro atoms. The predicted octanol–water partition coefficient (Wildman–Crippen LogP) is 3.90. The molecule has 0 aliphatic heterocycles. The van der Waals surface area contributed by atoms with Crippen molar-refractivity contribution < 1.29 is 24.2 Å². The molecule has 0 fully saturated rings. The standard InChI is InChI=1S/C30H38N2O5/c1-4-12-25(19-28(34)31-22(3)20-33)29(35)32-27(24-16-10-7-11-17-24)21-37-30(36)26(13-5-2)18-23-14-8-6-9-15-23/h4-11,14-17,22,25-27,33H,1-2,12-13,18-21H2,3H3,(H,31,34)(H,32,35)/t22-,25-,26-,27-/m1/s1. The summed E-state index contributed by atoms with van der Waals surface area (Å²) in [6.07, 6.45) is 4.53. The monoisotopic (exact) mass is 506 g/mol. The molecule has 2 amide bonds. The first-order valence-corrected chi connectivity index (χ1v) is 12.6. The van der Waals surface area contributed by atoms with E-state index in [0.717, 1.165) is 11.1 Å². The highest BCUT2D eigenvalue weighted by atomic mass is 16.5. The highest BCUT2D eigenvalue weighted by molar-refractivity contribution is 5.86. The molecule has 0 unspecified atom stereocenters. The van der Waals surface area contributed by atoms with Gasteiger partial charge < -0.3 is 20.5 Å². The van der Waals surface area contributed by atoms with E-state index in [1.54, 1.807) is 19.1 Å². The van der Waals surface area contributed by atoms with Crippen LogP contribution in [0.4, 0.5) is 0 Å². The lowest BCUT2D eigenvalue weighted by atomic mass is 9.96. The quantitative estimate of drug-likeness (QED) is 0.237. The molecule has 2 aromatic rings. The van der Waals surface area contributed by atoms with Gasteiger partial charge in [-0.3, -0.25) is 14.4 Å². The van der Waals surface area contributed by atoms with Crippen molar-refractivity contribution in [1.29, 1.82) is 0 Å². The molecule has 37 heavy (non-hydrogen) atoms. The molecule has 2 rings (SSSR count). The smallest absolute Gasteiger partial charge is 0.309 e. The lowest BCUT2D eigenvalue weighted by molar-refractivity contribution is -0.150. The average molecular weight is 507 g/mol. The van der Waals surface area contributed by atoms with Crippen LogP contribution in [-0.2, 0) is 25.5 Å². The summed E-state index contributed by atoms with van der Waals surface area (Å²) in [6.45, 7) is 8.91. The molecule has 0 radical (unpaired) electrons. The third-order valence-corrected chi connectivity index (χ3v) is 5.96. The Labute approximate surface area is 219 Å². The second kappa shape index (κ2) is 16.1. The van der Waals surface area contributed by atoms with Crippen molar-refractivity contribution in [3.63, 3.8) is 0 Å². The SMILES string of the molecule is C=CC[C@H](CC(=O)N[C@H](C)CO)C(=O)N[C@H](COC(=O)[C@H](CC=C)Cc1ccccc1)c1ccccc1. The number of rotatable bonds is 16. The van der Waals surface area contributed by atoms with E-state index in [2.05, 4.69) is 23.8 Å². The van der Waals surface area contributed by atoms with Gasteiger partial charge in [0.05, 0.1) is 24.5 Å². The first-order valence-electron chi connectivity index (χ1n) is 12.6. The maximum Gasteiger partial charge on any atom is 0.309 e. The Morgan fingerprint density at radius 3 is 2.11 bits per heavy atom. The average Bonchev–Trinajstić information content (AvgIpc) is 2.91. The fraction of sp³-hybridized carbons (Fsp3) is 0.367. The van der Waals surface area contributed by atoms with Gasteiger partial charge in [-0.2, -0.15) is 0 Å². The minimum absolute atomic E-state index is 0.0500. The van der Waals surface area contributed by atoms with Gasteiger partial charge in [-0.1, -0.05) is 72.8 Å². The molecule has 0 saturated heterocycles. The van der Waals surface area contributed by atoms with E-state index in [4.69, 9.17) is 4.74 Å². The number of carbonyl (C=O) groups excluding carboxylic acids is 3. The normalized spacial score (nSPS) is 13.9. The van der Waals surface area contributed by atoms with E-state index < -0.39 is 23.9 Å². The number of amides is 2. The van der Waals surface area contributed by atoms with Gasteiger partial charge in [0.2, 0.25) is 11.8 Å². The third-order valence-electron chi connectivity index (χ3n) is 5.96. The van der Waals surface area contributed by atoms with Crippen LogP contribution in [0, 0.1) is 11.8 Å². The number of allylic oxidation sites excluding steroid dienone is 2. The summed E-state index contributed by atoms with van der Waals surface area (Å²) in [5.74, 6) is -2.09. The Morgan fingerprint density at radius 2 is 1.51 bits per heavy atom. The molecule has 0 aromatic heterocycles. The fourth-order valence-corrected chi connectivity index (χ4v) is 3.93. The molecule has 0 heterocycles. The lowest BCUT2D eigenvalue weighted by Gasteiger charge is -2.24. The lowest BCUT2D eigenvalue weighted by Crippen LogP contribution is -2.41. The highest BCUT2D eigenvalue weighted by Gasteiger charge is 2.26. The Hall–Kier alpha value is -3.71. The van der Waals surface area contributed by atoms with Crippen molar-refractivity contribution in [1.82, 2.24) is 10.6 Å². The summed E-state index contributed by atoms with van der Waals surface area (Å²) in [5.41, 5.74) is 1.81. The number of aliphatic hydroxyl groups excluding tert-OH is 1. The maximum atomic E-state index is 13.2. The molecule has 0 saturated carbocycles. The van der Waals surface area contributed by atoms with Gasteiger partial charge >= 0.3 is 5.97 Å². The van der Waals surface area contributed by atoms with Crippen molar-refractivity contribution in [2.75, 3.05) is 13.2 Å². The Balaban J connectivity index is 2.11. The van der Waals surface area contributed by atoms with Crippen LogP contribution >= 0.6 is 0 Å². The molecule has 3 N–H and O–H groups in total. The third kappa shape index (κ3) is 10.4. The van der Waals surface area contributed by atoms with E-state index in [1.165, 1.54) is 0 Å². The minimum Gasteiger partial charge on any atom is -0.463 e. The zero-order chi connectivity index (χ0) is 27.0. The number of hydrogen-bond acceptors (Lipinski definition) is 5. The molecule has 7 heteroatoms. The number of ether oxygens (including phenoxy) is 1. The predicted molar refractivity (Wildman–Crippen MR) is 144 cm³/mol. The van der Waals surface area contributed by atoms with Gasteiger partial charge in [0.15, 0.2) is 0 Å². The molecule has 0 bridgehead atoms. The topological polar surface area (TPSA) is 105 Å². The molecular weight excluding hydrogens is 468 g/mol. The first kappa shape index (κ1) is 29.5. The molecule has 4 atom stereocenters. The Morgan fingerprint density at radius 1 is 0.919 bits per heavy atom. The van der Waals surface area contributed by atoms with Crippen molar-refractivity contribution in [2.24, 2.45) is 11.8 Å². The van der Waals surface area contributed by atoms with Crippen LogP contribution in [0.5, 0.6) is 0 Å². The number of aliphatic hydroxyl groups is 1. The van der Waals surface area contributed by atoms with E-state index in [1.807, 2.05) is 60.7 Å². The summed E-state index contributed by atoms with van der Waals surface area (Å²) in [5, 5.41) is 14.8. The number of benzene rings is 2. The molecule has 7 nitrogen and oxygen atoms in total. The minimum atomic E-state index is -0.656. The van der Waals surface area contributed by atoms with Crippen LogP contribution in [0.2, 0.25) is 0 Å². The van der Waals surface area contributed by atoms with E-state index in [9.17, 15) is 19.5 Å². The van der Waals surface area contributed by atoms with Gasteiger partial charge in [0, 0.05) is 12.5 Å². The second-order valence-electron chi connectivity index (χ2n) is 9.09. The highest BCUT2D eigenvalue weighted by Crippen LogP contribution is 2.20. The van der Waals surface area contributed by atoms with Gasteiger partial charge in [0.1, 0.15) is 6.61 Å². The van der Waals surface area contributed by atoms with Crippen molar-refractivity contribution in [3.05, 3.63) is 97.1 Å².